The monoisotopic (exact) mass is 380 g/mol. The third-order valence-corrected chi connectivity index (χ3v) is 7.46. The van der Waals surface area contributed by atoms with E-state index in [1.165, 1.54) is 89.2 Å². The number of benzene rings is 1. The fraction of sp³-hybridized carbons (Fsp3) is 0.760. The predicted octanol–water partition coefficient (Wildman–Crippen LogP) is 8.90. The minimum Gasteiger partial charge on any atom is -0.204 e. The van der Waals surface area contributed by atoms with Crippen molar-refractivity contribution in [3.05, 3.63) is 35.4 Å². The van der Waals surface area contributed by atoms with Crippen molar-refractivity contribution >= 4 is 0 Å². The highest BCUT2D eigenvalue weighted by molar-refractivity contribution is 5.22. The standard InChI is InChI=1S/C25H38F2.2H2/c1-2-3-4-5-6-7-19-8-10-20(11-9-19)21-12-14-22(15-13-21)23-16-17-24(26)25(27)18-23;;/h16-22H,2-15H2,1H3;2*1H. The molecule has 156 valence electrons. The average molecular weight is 381 g/mol. The van der Waals surface area contributed by atoms with Crippen LogP contribution >= 0.6 is 0 Å². The molecule has 0 unspecified atom stereocenters. The summed E-state index contributed by atoms with van der Waals surface area (Å²) in [6.07, 6.45) is 19.1. The second kappa shape index (κ2) is 10.6. The summed E-state index contributed by atoms with van der Waals surface area (Å²) >= 11 is 0. The average Bonchev–Trinajstić information content (AvgIpc) is 2.71. The van der Waals surface area contributed by atoms with Crippen LogP contribution in [0.2, 0.25) is 0 Å². The lowest BCUT2D eigenvalue weighted by molar-refractivity contribution is 0.155. The van der Waals surface area contributed by atoms with Crippen molar-refractivity contribution in [2.24, 2.45) is 17.8 Å². The topological polar surface area (TPSA) is 0 Å². The molecule has 2 heteroatoms. The molecule has 0 nitrogen and oxygen atoms in total. The van der Waals surface area contributed by atoms with E-state index in [2.05, 4.69) is 6.92 Å². The summed E-state index contributed by atoms with van der Waals surface area (Å²) in [6, 6.07) is 4.50. The molecule has 2 fully saturated rings. The molecular formula is C25H42F2. The van der Waals surface area contributed by atoms with Gasteiger partial charge in [-0.3, -0.25) is 0 Å². The van der Waals surface area contributed by atoms with E-state index in [9.17, 15) is 8.78 Å². The van der Waals surface area contributed by atoms with E-state index < -0.39 is 11.6 Å². The zero-order valence-electron chi connectivity index (χ0n) is 17.2. The van der Waals surface area contributed by atoms with Gasteiger partial charge >= 0.3 is 0 Å². The van der Waals surface area contributed by atoms with E-state index in [1.807, 2.05) is 0 Å². The van der Waals surface area contributed by atoms with Gasteiger partial charge in [0.1, 0.15) is 0 Å². The zero-order chi connectivity index (χ0) is 19.1. The van der Waals surface area contributed by atoms with Crippen LogP contribution in [0.15, 0.2) is 18.2 Å². The van der Waals surface area contributed by atoms with Crippen LogP contribution in [0.1, 0.15) is 111 Å². The molecule has 2 aliphatic rings. The Hall–Kier alpha value is -0.920. The lowest BCUT2D eigenvalue weighted by Gasteiger charge is -2.38. The molecule has 0 aliphatic heterocycles. The predicted molar refractivity (Wildman–Crippen MR) is 114 cm³/mol. The van der Waals surface area contributed by atoms with Crippen LogP contribution in [-0.2, 0) is 0 Å². The fourth-order valence-corrected chi connectivity index (χ4v) is 5.68. The first kappa shape index (κ1) is 20.8. The normalized spacial score (nSPS) is 29.0. The molecule has 2 saturated carbocycles. The Bertz CT molecular complexity index is 562. The first-order valence-electron chi connectivity index (χ1n) is 11.6. The fourth-order valence-electron chi connectivity index (χ4n) is 5.68. The van der Waals surface area contributed by atoms with Gasteiger partial charge < -0.3 is 0 Å². The number of hydrogen-bond donors (Lipinski definition) is 0. The molecule has 1 aromatic carbocycles. The van der Waals surface area contributed by atoms with Gasteiger partial charge in [0.25, 0.3) is 0 Å². The summed E-state index contributed by atoms with van der Waals surface area (Å²) in [5.74, 6) is 1.79. The molecule has 0 saturated heterocycles. The van der Waals surface area contributed by atoms with Gasteiger partial charge in [0.2, 0.25) is 0 Å². The summed E-state index contributed by atoms with van der Waals surface area (Å²) in [5.41, 5.74) is 0.999. The summed E-state index contributed by atoms with van der Waals surface area (Å²) < 4.78 is 26.7. The minimum atomic E-state index is -0.727. The second-order valence-corrected chi connectivity index (χ2v) is 9.27. The lowest BCUT2D eigenvalue weighted by atomic mass is 9.68. The molecule has 27 heavy (non-hydrogen) atoms. The smallest absolute Gasteiger partial charge is 0.159 e. The largest absolute Gasteiger partial charge is 0.204 e. The molecule has 0 atom stereocenters. The highest BCUT2D eigenvalue weighted by atomic mass is 19.2. The van der Waals surface area contributed by atoms with Crippen LogP contribution in [0.4, 0.5) is 8.78 Å². The van der Waals surface area contributed by atoms with E-state index in [4.69, 9.17) is 0 Å². The van der Waals surface area contributed by atoms with E-state index in [0.717, 1.165) is 36.2 Å². The molecule has 1 aromatic rings. The first-order chi connectivity index (χ1) is 13.2. The maximum absolute atomic E-state index is 13.5. The summed E-state index contributed by atoms with van der Waals surface area (Å²) in [7, 11) is 0. The van der Waals surface area contributed by atoms with Crippen molar-refractivity contribution < 1.29 is 11.6 Å². The van der Waals surface area contributed by atoms with Gasteiger partial charge in [-0.05, 0) is 79.9 Å². The Labute approximate surface area is 168 Å². The van der Waals surface area contributed by atoms with Crippen molar-refractivity contribution in [1.29, 1.82) is 0 Å². The zero-order valence-corrected chi connectivity index (χ0v) is 17.2. The van der Waals surface area contributed by atoms with Gasteiger partial charge in [-0.25, -0.2) is 8.78 Å². The van der Waals surface area contributed by atoms with E-state index >= 15 is 0 Å². The van der Waals surface area contributed by atoms with Gasteiger partial charge in [-0.1, -0.05) is 64.4 Å². The molecule has 3 rings (SSSR count). The summed E-state index contributed by atoms with van der Waals surface area (Å²) in [6.45, 7) is 2.28. The van der Waals surface area contributed by atoms with Crippen molar-refractivity contribution in [2.75, 3.05) is 0 Å². The van der Waals surface area contributed by atoms with Crippen molar-refractivity contribution in [3.8, 4) is 0 Å². The Balaban J connectivity index is 0.00000210. The minimum absolute atomic E-state index is 0. The Morgan fingerprint density at radius 2 is 1.41 bits per heavy atom. The Morgan fingerprint density at radius 3 is 2.04 bits per heavy atom. The van der Waals surface area contributed by atoms with Gasteiger partial charge in [0.15, 0.2) is 11.6 Å². The van der Waals surface area contributed by atoms with Crippen LogP contribution < -0.4 is 0 Å². The highest BCUT2D eigenvalue weighted by Crippen LogP contribution is 2.44. The number of rotatable bonds is 8. The third kappa shape index (κ3) is 6.03. The SMILES string of the molecule is CCCCCCCC1CCC(C2CCC(c3ccc(F)c(F)c3)CC2)CC1.[HH].[HH]. The van der Waals surface area contributed by atoms with Crippen LogP contribution in [0.3, 0.4) is 0 Å². The van der Waals surface area contributed by atoms with Crippen LogP contribution in [0.25, 0.3) is 0 Å². The van der Waals surface area contributed by atoms with Gasteiger partial charge in [0.05, 0.1) is 0 Å². The van der Waals surface area contributed by atoms with Crippen molar-refractivity contribution in [2.45, 2.75) is 103 Å². The maximum atomic E-state index is 13.5. The lowest BCUT2D eigenvalue weighted by Crippen LogP contribution is -2.25. The Morgan fingerprint density at radius 1 is 0.778 bits per heavy atom. The molecule has 0 aromatic heterocycles. The van der Waals surface area contributed by atoms with Crippen molar-refractivity contribution in [1.82, 2.24) is 0 Å². The molecule has 0 N–H and O–H groups in total. The Kier molecular flexibility index (Phi) is 8.15. The molecule has 2 aliphatic carbocycles. The second-order valence-electron chi connectivity index (χ2n) is 9.27. The van der Waals surface area contributed by atoms with Gasteiger partial charge in [0, 0.05) is 2.85 Å². The molecule has 0 bridgehead atoms. The quantitative estimate of drug-likeness (QED) is 0.395. The summed E-state index contributed by atoms with van der Waals surface area (Å²) in [4.78, 5) is 0. The molecule has 0 radical (unpaired) electrons. The molecule has 0 amide bonds. The van der Waals surface area contributed by atoms with Crippen LogP contribution in [0.5, 0.6) is 0 Å². The van der Waals surface area contributed by atoms with Gasteiger partial charge in [-0.2, -0.15) is 0 Å². The van der Waals surface area contributed by atoms with Crippen LogP contribution in [-0.4, -0.2) is 0 Å². The highest BCUT2D eigenvalue weighted by Gasteiger charge is 2.31. The molecule has 0 heterocycles. The van der Waals surface area contributed by atoms with Gasteiger partial charge in [-0.15, -0.1) is 0 Å². The third-order valence-electron chi connectivity index (χ3n) is 7.46. The number of unbranched alkanes of at least 4 members (excludes halogenated alkanes) is 4. The summed E-state index contributed by atoms with van der Waals surface area (Å²) in [5, 5.41) is 0. The number of hydrogen-bond acceptors (Lipinski definition) is 0. The number of halogens is 2. The molecular weight excluding hydrogens is 338 g/mol. The maximum Gasteiger partial charge on any atom is 0.159 e. The van der Waals surface area contributed by atoms with Crippen LogP contribution in [0, 0.1) is 29.4 Å². The first-order valence-corrected chi connectivity index (χ1v) is 11.6. The van der Waals surface area contributed by atoms with E-state index in [0.29, 0.717) is 5.92 Å². The van der Waals surface area contributed by atoms with E-state index in [-0.39, 0.29) is 2.85 Å². The molecule has 0 spiro atoms. The van der Waals surface area contributed by atoms with E-state index in [1.54, 1.807) is 6.07 Å². The van der Waals surface area contributed by atoms with Crippen molar-refractivity contribution in [3.63, 3.8) is 0 Å².